The van der Waals surface area contributed by atoms with Gasteiger partial charge in [0.05, 0.1) is 0 Å². The summed E-state index contributed by atoms with van der Waals surface area (Å²) in [6.45, 7) is 4.63. The van der Waals surface area contributed by atoms with Crippen molar-refractivity contribution in [1.29, 1.82) is 0 Å². The number of rotatable bonds is 1. The molecule has 1 fully saturated rings. The molecule has 1 rings (SSSR count). The van der Waals surface area contributed by atoms with Crippen LogP contribution in [0, 0.1) is 10.8 Å². The molecular weight excluding hydrogens is 193 g/mol. The van der Waals surface area contributed by atoms with Gasteiger partial charge in [0, 0.05) is 5.41 Å². The van der Waals surface area contributed by atoms with Crippen LogP contribution in [0.25, 0.3) is 0 Å². The van der Waals surface area contributed by atoms with Gasteiger partial charge in [0.1, 0.15) is 5.41 Å². The summed E-state index contributed by atoms with van der Waals surface area (Å²) in [7, 11) is 0. The lowest BCUT2D eigenvalue weighted by Crippen LogP contribution is -2.54. The molecule has 0 atom stereocenters. The van der Waals surface area contributed by atoms with Crippen LogP contribution >= 0.6 is 0 Å². The van der Waals surface area contributed by atoms with E-state index in [0.29, 0.717) is 6.42 Å². The summed E-state index contributed by atoms with van der Waals surface area (Å²) >= 11 is 0. The van der Waals surface area contributed by atoms with E-state index in [1.165, 1.54) is 0 Å². The number of carbonyl (C=O) groups is 1. The lowest BCUT2D eigenvalue weighted by molar-refractivity contribution is -0.245. The molecule has 1 saturated carbocycles. The van der Waals surface area contributed by atoms with Crippen LogP contribution < -0.4 is 0 Å². The maximum Gasteiger partial charge on any atom is 0.401 e. The first kappa shape index (κ1) is 11.5. The van der Waals surface area contributed by atoms with Gasteiger partial charge in [0.2, 0.25) is 0 Å². The molecule has 0 bridgehead atoms. The fourth-order valence-electron chi connectivity index (χ4n) is 1.89. The third kappa shape index (κ3) is 1.55. The first-order valence-corrected chi connectivity index (χ1v) is 4.73. The Morgan fingerprint density at radius 1 is 1.14 bits per heavy atom. The molecule has 0 aromatic rings. The lowest BCUT2D eigenvalue weighted by Gasteiger charge is -2.44. The number of hydrogen-bond acceptors (Lipinski definition) is 1. The fraction of sp³-hybridized carbons (Fsp3) is 0.900. The Morgan fingerprint density at radius 3 is 1.64 bits per heavy atom. The van der Waals surface area contributed by atoms with Gasteiger partial charge < -0.3 is 0 Å². The van der Waals surface area contributed by atoms with Gasteiger partial charge in [0.25, 0.3) is 0 Å². The van der Waals surface area contributed by atoms with Crippen molar-refractivity contribution in [3.05, 3.63) is 0 Å². The molecule has 4 heteroatoms. The smallest absolute Gasteiger partial charge is 0.298 e. The molecule has 0 spiro atoms. The van der Waals surface area contributed by atoms with Crippen LogP contribution in [0.4, 0.5) is 13.2 Å². The van der Waals surface area contributed by atoms with Gasteiger partial charge in [-0.05, 0) is 12.8 Å². The third-order valence-electron chi connectivity index (χ3n) is 2.87. The van der Waals surface area contributed by atoms with Gasteiger partial charge in [-0.3, -0.25) is 4.79 Å². The molecule has 0 aromatic carbocycles. The number of alkyl halides is 3. The van der Waals surface area contributed by atoms with Crippen LogP contribution in [0.3, 0.4) is 0 Å². The number of ketones is 1. The second-order valence-corrected chi connectivity index (χ2v) is 5.01. The maximum absolute atomic E-state index is 12.7. The van der Waals surface area contributed by atoms with E-state index in [-0.39, 0.29) is 12.8 Å². The summed E-state index contributed by atoms with van der Waals surface area (Å²) in [5.74, 6) is -0.663. The van der Waals surface area contributed by atoms with Crippen molar-refractivity contribution in [3.8, 4) is 0 Å². The van der Waals surface area contributed by atoms with Gasteiger partial charge in [0.15, 0.2) is 5.78 Å². The first-order valence-electron chi connectivity index (χ1n) is 4.73. The molecular formula is C10H15F3O. The SMILES string of the molecule is CC(C)(C)C(=O)C1(C(F)(F)F)CCC1. The van der Waals surface area contributed by atoms with Gasteiger partial charge in [-0.1, -0.05) is 27.2 Å². The highest BCUT2D eigenvalue weighted by Gasteiger charge is 2.64. The minimum absolute atomic E-state index is 0.0351. The molecule has 1 aliphatic carbocycles. The van der Waals surface area contributed by atoms with E-state index in [1.807, 2.05) is 0 Å². The quantitative estimate of drug-likeness (QED) is 0.646. The summed E-state index contributed by atoms with van der Waals surface area (Å²) in [4.78, 5) is 11.7. The Hall–Kier alpha value is -0.540. The molecule has 0 N–H and O–H groups in total. The zero-order chi connectivity index (χ0) is 11.2. The van der Waals surface area contributed by atoms with Gasteiger partial charge in [-0.15, -0.1) is 0 Å². The third-order valence-corrected chi connectivity index (χ3v) is 2.87. The van der Waals surface area contributed by atoms with Crippen LogP contribution in [0.2, 0.25) is 0 Å². The summed E-state index contributed by atoms with van der Waals surface area (Å²) in [6.07, 6.45) is -3.95. The number of halogens is 3. The van der Waals surface area contributed by atoms with Crippen molar-refractivity contribution >= 4 is 5.78 Å². The summed E-state index contributed by atoms with van der Waals surface area (Å²) in [6, 6.07) is 0. The highest BCUT2D eigenvalue weighted by Crippen LogP contribution is 2.56. The largest absolute Gasteiger partial charge is 0.401 e. The molecule has 0 radical (unpaired) electrons. The molecule has 0 saturated heterocycles. The van der Waals surface area contributed by atoms with Gasteiger partial charge >= 0.3 is 6.18 Å². The summed E-state index contributed by atoms with van der Waals surface area (Å²) in [5, 5.41) is 0. The monoisotopic (exact) mass is 208 g/mol. The molecule has 82 valence electrons. The Kier molecular flexibility index (Phi) is 2.45. The minimum atomic E-state index is -4.38. The Morgan fingerprint density at radius 2 is 1.57 bits per heavy atom. The highest BCUT2D eigenvalue weighted by atomic mass is 19.4. The number of carbonyl (C=O) groups excluding carboxylic acids is 1. The summed E-state index contributed by atoms with van der Waals surface area (Å²) in [5.41, 5.74) is -2.94. The normalized spacial score (nSPS) is 21.6. The first-order chi connectivity index (χ1) is 6.11. The predicted octanol–water partition coefficient (Wildman–Crippen LogP) is 3.33. The second kappa shape index (κ2) is 2.97. The molecule has 1 nitrogen and oxygen atoms in total. The molecule has 0 aromatic heterocycles. The van der Waals surface area contributed by atoms with E-state index >= 15 is 0 Å². The minimum Gasteiger partial charge on any atom is -0.298 e. The van der Waals surface area contributed by atoms with E-state index in [4.69, 9.17) is 0 Å². The van der Waals surface area contributed by atoms with E-state index in [9.17, 15) is 18.0 Å². The highest BCUT2D eigenvalue weighted by molar-refractivity contribution is 5.90. The van der Waals surface area contributed by atoms with Crippen LogP contribution in [0.15, 0.2) is 0 Å². The van der Waals surface area contributed by atoms with Crippen LogP contribution in [-0.2, 0) is 4.79 Å². The lowest BCUT2D eigenvalue weighted by atomic mass is 9.60. The van der Waals surface area contributed by atoms with Crippen LogP contribution in [-0.4, -0.2) is 12.0 Å². The zero-order valence-corrected chi connectivity index (χ0v) is 8.66. The van der Waals surface area contributed by atoms with E-state index in [0.717, 1.165) is 0 Å². The van der Waals surface area contributed by atoms with Crippen molar-refractivity contribution in [3.63, 3.8) is 0 Å². The molecule has 0 amide bonds. The Bertz CT molecular complexity index is 243. The Labute approximate surface area is 81.7 Å². The van der Waals surface area contributed by atoms with Gasteiger partial charge in [-0.25, -0.2) is 0 Å². The molecule has 0 aliphatic heterocycles. The average Bonchev–Trinajstić information content (AvgIpc) is 1.77. The molecule has 14 heavy (non-hydrogen) atoms. The van der Waals surface area contributed by atoms with Crippen molar-refractivity contribution in [2.24, 2.45) is 10.8 Å². The molecule has 0 unspecified atom stereocenters. The van der Waals surface area contributed by atoms with Crippen molar-refractivity contribution in [2.45, 2.75) is 46.2 Å². The van der Waals surface area contributed by atoms with Crippen molar-refractivity contribution in [1.82, 2.24) is 0 Å². The van der Waals surface area contributed by atoms with Crippen molar-refractivity contribution in [2.75, 3.05) is 0 Å². The zero-order valence-electron chi connectivity index (χ0n) is 8.66. The Balaban J connectivity index is 2.98. The van der Waals surface area contributed by atoms with Gasteiger partial charge in [-0.2, -0.15) is 13.2 Å². The standard InChI is InChI=1S/C10H15F3O/c1-8(2,3)7(14)9(5-4-6-9)10(11,12)13/h4-6H2,1-3H3. The second-order valence-electron chi connectivity index (χ2n) is 5.01. The van der Waals surface area contributed by atoms with Crippen LogP contribution in [0.5, 0.6) is 0 Å². The van der Waals surface area contributed by atoms with E-state index in [2.05, 4.69) is 0 Å². The van der Waals surface area contributed by atoms with Crippen LogP contribution in [0.1, 0.15) is 40.0 Å². The molecule has 0 heterocycles. The average molecular weight is 208 g/mol. The predicted molar refractivity (Wildman–Crippen MR) is 46.8 cm³/mol. The molecule has 1 aliphatic rings. The number of hydrogen-bond donors (Lipinski definition) is 0. The van der Waals surface area contributed by atoms with E-state index in [1.54, 1.807) is 20.8 Å². The van der Waals surface area contributed by atoms with E-state index < -0.39 is 22.8 Å². The summed E-state index contributed by atoms with van der Waals surface area (Å²) < 4.78 is 38.1. The fourth-order valence-corrected chi connectivity index (χ4v) is 1.89. The topological polar surface area (TPSA) is 17.1 Å². The number of Topliss-reactive ketones (excluding diaryl/α,β-unsaturated/α-hetero) is 1. The van der Waals surface area contributed by atoms with Crippen molar-refractivity contribution < 1.29 is 18.0 Å². The maximum atomic E-state index is 12.7.